The van der Waals surface area contributed by atoms with Crippen molar-refractivity contribution in [1.29, 1.82) is 0 Å². The topological polar surface area (TPSA) is 38.0 Å². The molecule has 2 aliphatic rings. The number of nitrogens with two attached hydrogens (primary N) is 1. The lowest BCUT2D eigenvalue weighted by Gasteiger charge is -2.42. The van der Waals surface area contributed by atoms with Gasteiger partial charge in [0.15, 0.2) is 0 Å². The zero-order valence-electron chi connectivity index (χ0n) is 10.3. The molecule has 0 amide bonds. The van der Waals surface area contributed by atoms with Gasteiger partial charge in [0.1, 0.15) is 0 Å². The lowest BCUT2D eigenvalue weighted by Crippen LogP contribution is -2.47. The van der Waals surface area contributed by atoms with Crippen LogP contribution in [0.2, 0.25) is 0 Å². The van der Waals surface area contributed by atoms with E-state index in [0.29, 0.717) is 10.8 Å². The maximum atomic E-state index is 5.87. The molecule has 0 aromatic heterocycles. The minimum absolute atomic E-state index is 0.465. The van der Waals surface area contributed by atoms with Crippen LogP contribution in [0, 0.1) is 10.8 Å². The summed E-state index contributed by atoms with van der Waals surface area (Å²) in [5.74, 6) is 0. The normalized spacial score (nSPS) is 32.6. The Morgan fingerprint density at radius 3 is 2.40 bits per heavy atom. The zero-order valence-corrected chi connectivity index (χ0v) is 10.3. The van der Waals surface area contributed by atoms with Gasteiger partial charge >= 0.3 is 0 Å². The van der Waals surface area contributed by atoms with Crippen LogP contribution in [0.1, 0.15) is 52.4 Å². The van der Waals surface area contributed by atoms with Crippen LogP contribution in [0.15, 0.2) is 0 Å². The Labute approximate surface area is 94.0 Å². The number of rotatable bonds is 4. The zero-order chi connectivity index (χ0) is 10.9. The van der Waals surface area contributed by atoms with Crippen molar-refractivity contribution in [3.63, 3.8) is 0 Å². The van der Waals surface area contributed by atoms with Gasteiger partial charge in [-0.25, -0.2) is 0 Å². The minimum atomic E-state index is 0.465. The van der Waals surface area contributed by atoms with E-state index in [9.17, 15) is 0 Å². The van der Waals surface area contributed by atoms with Gasteiger partial charge in [0, 0.05) is 12.6 Å². The van der Waals surface area contributed by atoms with Crippen LogP contribution in [0.25, 0.3) is 0 Å². The molecule has 1 unspecified atom stereocenters. The summed E-state index contributed by atoms with van der Waals surface area (Å²) in [5, 5.41) is 3.75. The standard InChI is InChI=1S/C13H26N2/c1-12(2)7-4-11(8-12)15-10-13(9-14)5-3-6-13/h11,15H,3-10,14H2,1-2H3. The van der Waals surface area contributed by atoms with E-state index in [0.717, 1.165) is 19.1 Å². The smallest absolute Gasteiger partial charge is 0.00725 e. The molecule has 2 saturated carbocycles. The predicted molar refractivity (Wildman–Crippen MR) is 64.8 cm³/mol. The van der Waals surface area contributed by atoms with E-state index < -0.39 is 0 Å². The highest BCUT2D eigenvalue weighted by atomic mass is 14.9. The summed E-state index contributed by atoms with van der Waals surface area (Å²) in [6, 6.07) is 0.754. The second-order valence-electron chi connectivity index (χ2n) is 6.54. The Morgan fingerprint density at radius 1 is 1.27 bits per heavy atom. The minimum Gasteiger partial charge on any atom is -0.330 e. The lowest BCUT2D eigenvalue weighted by atomic mass is 9.68. The Kier molecular flexibility index (Phi) is 3.09. The van der Waals surface area contributed by atoms with Crippen LogP contribution in [0.3, 0.4) is 0 Å². The van der Waals surface area contributed by atoms with Crippen molar-refractivity contribution >= 4 is 0 Å². The average molecular weight is 210 g/mol. The Hall–Kier alpha value is -0.0800. The monoisotopic (exact) mass is 210 g/mol. The highest BCUT2D eigenvalue weighted by molar-refractivity contribution is 4.93. The summed E-state index contributed by atoms with van der Waals surface area (Å²) in [4.78, 5) is 0. The van der Waals surface area contributed by atoms with Crippen LogP contribution >= 0.6 is 0 Å². The van der Waals surface area contributed by atoms with Crippen LogP contribution in [-0.2, 0) is 0 Å². The Bertz CT molecular complexity index is 213. The third kappa shape index (κ3) is 2.54. The number of hydrogen-bond donors (Lipinski definition) is 2. The van der Waals surface area contributed by atoms with E-state index in [1.165, 1.54) is 38.5 Å². The van der Waals surface area contributed by atoms with Gasteiger partial charge in [0.05, 0.1) is 0 Å². The van der Waals surface area contributed by atoms with Crippen molar-refractivity contribution in [2.45, 2.75) is 58.4 Å². The summed E-state index contributed by atoms with van der Waals surface area (Å²) in [7, 11) is 0. The van der Waals surface area contributed by atoms with Crippen molar-refractivity contribution in [3.05, 3.63) is 0 Å². The summed E-state index contributed by atoms with van der Waals surface area (Å²) >= 11 is 0. The largest absolute Gasteiger partial charge is 0.330 e. The van der Waals surface area contributed by atoms with Crippen LogP contribution in [0.4, 0.5) is 0 Å². The first-order chi connectivity index (χ1) is 7.05. The molecule has 2 rings (SSSR count). The second-order valence-corrected chi connectivity index (χ2v) is 6.54. The van der Waals surface area contributed by atoms with Gasteiger partial charge in [-0.15, -0.1) is 0 Å². The molecule has 88 valence electrons. The van der Waals surface area contributed by atoms with E-state index >= 15 is 0 Å². The maximum absolute atomic E-state index is 5.87. The van der Waals surface area contributed by atoms with Crippen LogP contribution < -0.4 is 11.1 Å². The first kappa shape index (κ1) is 11.4. The van der Waals surface area contributed by atoms with E-state index in [2.05, 4.69) is 19.2 Å². The van der Waals surface area contributed by atoms with E-state index in [1.54, 1.807) is 0 Å². The average Bonchev–Trinajstić information content (AvgIpc) is 2.45. The molecule has 1 atom stereocenters. The Balaban J connectivity index is 1.74. The van der Waals surface area contributed by atoms with Gasteiger partial charge in [0.25, 0.3) is 0 Å². The third-order valence-corrected chi connectivity index (χ3v) is 4.58. The molecule has 3 N–H and O–H groups in total. The molecule has 0 aromatic rings. The molecule has 0 bridgehead atoms. The highest BCUT2D eigenvalue weighted by Gasteiger charge is 2.37. The SMILES string of the molecule is CC1(C)CCC(NCC2(CN)CCC2)C1. The quantitative estimate of drug-likeness (QED) is 0.747. The second kappa shape index (κ2) is 4.06. The van der Waals surface area contributed by atoms with Crippen LogP contribution in [0.5, 0.6) is 0 Å². The van der Waals surface area contributed by atoms with Crippen LogP contribution in [-0.4, -0.2) is 19.1 Å². The molecule has 0 aliphatic heterocycles. The number of nitrogens with one attached hydrogen (secondary N) is 1. The molecule has 2 nitrogen and oxygen atoms in total. The van der Waals surface area contributed by atoms with Gasteiger partial charge in [-0.1, -0.05) is 20.3 Å². The molecular formula is C13H26N2. The molecular weight excluding hydrogens is 184 g/mol. The molecule has 0 saturated heterocycles. The van der Waals surface area contributed by atoms with Gasteiger partial charge in [-0.3, -0.25) is 0 Å². The summed E-state index contributed by atoms with van der Waals surface area (Å²) in [6.07, 6.45) is 8.13. The van der Waals surface area contributed by atoms with Crippen molar-refractivity contribution < 1.29 is 0 Å². The summed E-state index contributed by atoms with van der Waals surface area (Å²) in [6.45, 7) is 6.80. The number of hydrogen-bond acceptors (Lipinski definition) is 2. The molecule has 0 aromatic carbocycles. The van der Waals surface area contributed by atoms with Crippen molar-refractivity contribution in [3.8, 4) is 0 Å². The van der Waals surface area contributed by atoms with Gasteiger partial charge < -0.3 is 11.1 Å². The molecule has 2 heteroatoms. The van der Waals surface area contributed by atoms with E-state index in [1.807, 2.05) is 0 Å². The third-order valence-electron chi connectivity index (χ3n) is 4.58. The fourth-order valence-electron chi connectivity index (χ4n) is 3.10. The van der Waals surface area contributed by atoms with Crippen molar-refractivity contribution in [2.24, 2.45) is 16.6 Å². The molecule has 2 fully saturated rings. The lowest BCUT2D eigenvalue weighted by molar-refractivity contribution is 0.135. The Morgan fingerprint density at radius 2 is 2.00 bits per heavy atom. The molecule has 0 heterocycles. The van der Waals surface area contributed by atoms with E-state index in [-0.39, 0.29) is 0 Å². The highest BCUT2D eigenvalue weighted by Crippen LogP contribution is 2.41. The first-order valence-electron chi connectivity index (χ1n) is 6.49. The van der Waals surface area contributed by atoms with Crippen molar-refractivity contribution in [2.75, 3.05) is 13.1 Å². The van der Waals surface area contributed by atoms with Gasteiger partial charge in [-0.2, -0.15) is 0 Å². The summed E-state index contributed by atoms with van der Waals surface area (Å²) < 4.78 is 0. The molecule has 0 spiro atoms. The van der Waals surface area contributed by atoms with E-state index in [4.69, 9.17) is 5.73 Å². The molecule has 0 radical (unpaired) electrons. The fraction of sp³-hybridized carbons (Fsp3) is 1.00. The molecule has 2 aliphatic carbocycles. The van der Waals surface area contributed by atoms with Crippen molar-refractivity contribution in [1.82, 2.24) is 5.32 Å². The predicted octanol–water partition coefficient (Wildman–Crippen LogP) is 2.28. The molecule has 15 heavy (non-hydrogen) atoms. The first-order valence-corrected chi connectivity index (χ1v) is 6.49. The maximum Gasteiger partial charge on any atom is 0.00725 e. The summed E-state index contributed by atoms with van der Waals surface area (Å²) in [5.41, 5.74) is 6.89. The van der Waals surface area contributed by atoms with Gasteiger partial charge in [-0.05, 0) is 49.5 Å². The van der Waals surface area contributed by atoms with Gasteiger partial charge in [0.2, 0.25) is 0 Å². The fourth-order valence-corrected chi connectivity index (χ4v) is 3.10.